The highest BCUT2D eigenvalue weighted by Gasteiger charge is 2.36. The molecule has 1 nitrogen and oxygen atoms in total. The number of hydrogen-bond donors (Lipinski definition) is 1. The van der Waals surface area contributed by atoms with Gasteiger partial charge in [0, 0.05) is 32.8 Å². The molecule has 0 radical (unpaired) electrons. The second-order valence-electron chi connectivity index (χ2n) is 6.98. The number of fused-ring (bicyclic) bond motifs is 2. The van der Waals surface area contributed by atoms with Gasteiger partial charge in [0.2, 0.25) is 5.82 Å². The quantitative estimate of drug-likeness (QED) is 0.111. The average Bonchev–Trinajstić information content (AvgIpc) is 2.83. The van der Waals surface area contributed by atoms with E-state index in [0.717, 1.165) is 0 Å². The van der Waals surface area contributed by atoms with Gasteiger partial charge in [-0.05, 0) is 0 Å². The first-order valence-electron chi connectivity index (χ1n) is 8.86. The summed E-state index contributed by atoms with van der Waals surface area (Å²) in [6, 6.07) is 0. The Balaban J connectivity index is 2.50. The maximum atomic E-state index is 14.8. The smallest absolute Gasteiger partial charge is 0.201 e. The second-order valence-corrected chi connectivity index (χ2v) is 7.54. The molecule has 0 atom stereocenters. The number of phenolic OH excluding ortho intramolecular Hbond substituents is 1. The van der Waals surface area contributed by atoms with Crippen LogP contribution in [-0.2, 0) is 5.33 Å². The monoisotopic (exact) mass is 578 g/mol. The number of aromatic hydroxyl groups is 1. The molecule has 4 aromatic rings. The van der Waals surface area contributed by atoms with E-state index in [1.54, 1.807) is 0 Å². The van der Waals surface area contributed by atoms with Crippen molar-refractivity contribution in [2.75, 3.05) is 0 Å². The molecule has 0 amide bonds. The molecule has 0 saturated heterocycles. The average molecular weight is 579 g/mol. The van der Waals surface area contributed by atoms with Crippen molar-refractivity contribution >= 4 is 37.5 Å². The van der Waals surface area contributed by atoms with E-state index in [-0.39, 0.29) is 0 Å². The fourth-order valence-corrected chi connectivity index (χ4v) is 4.26. The number of halogens is 13. The van der Waals surface area contributed by atoms with E-state index < -0.39 is 119 Å². The topological polar surface area (TPSA) is 20.2 Å². The van der Waals surface area contributed by atoms with Crippen molar-refractivity contribution in [3.63, 3.8) is 0 Å². The fraction of sp³-hybridized carbons (Fsp3) is 0.0476. The molecular formula is C21H3BrF12O. The normalized spacial score (nSPS) is 11.8. The molecule has 0 heterocycles. The lowest BCUT2D eigenvalue weighted by Crippen LogP contribution is -2.09. The predicted octanol–water partition coefficient (Wildman–Crippen LogP) is 7.93. The first-order valence-corrected chi connectivity index (χ1v) is 9.98. The van der Waals surface area contributed by atoms with Crippen LogP contribution in [0.4, 0.5) is 52.7 Å². The molecule has 4 rings (SSSR count). The Labute approximate surface area is 193 Å². The van der Waals surface area contributed by atoms with Gasteiger partial charge < -0.3 is 5.11 Å². The standard InChI is InChI=1S/C21H3BrF12O/c22-1-2-3(4-7(12(26)9(2)23)13(27)18(32)16(30)10(4)24)6-5-8(15(29)20(34)21(6)35)14(28)19(33)17(31)11(5)25/h35H,1H2. The molecular weight excluding hydrogens is 576 g/mol. The van der Waals surface area contributed by atoms with Crippen LogP contribution in [0.1, 0.15) is 5.56 Å². The van der Waals surface area contributed by atoms with Crippen LogP contribution in [0.5, 0.6) is 5.75 Å². The van der Waals surface area contributed by atoms with E-state index in [0.29, 0.717) is 0 Å². The third-order valence-electron chi connectivity index (χ3n) is 5.25. The van der Waals surface area contributed by atoms with Crippen molar-refractivity contribution in [2.24, 2.45) is 0 Å². The Morgan fingerprint density at radius 3 is 1.11 bits per heavy atom. The van der Waals surface area contributed by atoms with E-state index in [1.165, 1.54) is 0 Å². The molecule has 14 heteroatoms. The lowest BCUT2D eigenvalue weighted by atomic mass is 9.88. The molecule has 0 bridgehead atoms. The van der Waals surface area contributed by atoms with Gasteiger partial charge in [0.25, 0.3) is 0 Å². The van der Waals surface area contributed by atoms with Crippen LogP contribution < -0.4 is 0 Å². The number of phenols is 1. The molecule has 184 valence electrons. The van der Waals surface area contributed by atoms with Crippen LogP contribution in [0.2, 0.25) is 0 Å². The highest BCUT2D eigenvalue weighted by Crippen LogP contribution is 2.49. The summed E-state index contributed by atoms with van der Waals surface area (Å²) < 4.78 is 172. The zero-order valence-corrected chi connectivity index (χ0v) is 17.7. The summed E-state index contributed by atoms with van der Waals surface area (Å²) in [5.74, 6) is -32.2. The summed E-state index contributed by atoms with van der Waals surface area (Å²) >= 11 is 2.59. The van der Waals surface area contributed by atoms with Gasteiger partial charge in [-0.1, -0.05) is 15.9 Å². The summed E-state index contributed by atoms with van der Waals surface area (Å²) in [4.78, 5) is 0. The Hall–Kier alpha value is -3.16. The van der Waals surface area contributed by atoms with Crippen LogP contribution in [0.3, 0.4) is 0 Å². The van der Waals surface area contributed by atoms with Gasteiger partial charge in [0.15, 0.2) is 69.7 Å². The highest BCUT2D eigenvalue weighted by atomic mass is 79.9. The van der Waals surface area contributed by atoms with Gasteiger partial charge in [-0.25, -0.2) is 48.3 Å². The molecule has 0 fully saturated rings. The van der Waals surface area contributed by atoms with E-state index in [1.807, 2.05) is 0 Å². The van der Waals surface area contributed by atoms with E-state index in [2.05, 4.69) is 15.9 Å². The van der Waals surface area contributed by atoms with Crippen molar-refractivity contribution in [2.45, 2.75) is 5.33 Å². The SMILES string of the molecule is Oc1c(F)c(F)c2c(F)c(F)c(F)c(F)c2c1-c1c(CBr)c(F)c(F)c2c(F)c(F)c(F)c(F)c12. The van der Waals surface area contributed by atoms with Crippen LogP contribution in [0.15, 0.2) is 0 Å². The first kappa shape index (κ1) is 24.9. The maximum Gasteiger partial charge on any atom is 0.201 e. The van der Waals surface area contributed by atoms with E-state index >= 15 is 0 Å². The molecule has 35 heavy (non-hydrogen) atoms. The Morgan fingerprint density at radius 2 is 0.714 bits per heavy atom. The number of rotatable bonds is 2. The molecule has 0 unspecified atom stereocenters. The zero-order valence-electron chi connectivity index (χ0n) is 16.1. The van der Waals surface area contributed by atoms with Crippen LogP contribution >= 0.6 is 15.9 Å². The van der Waals surface area contributed by atoms with Crippen molar-refractivity contribution in [3.8, 4) is 16.9 Å². The lowest BCUT2D eigenvalue weighted by Gasteiger charge is -2.20. The lowest BCUT2D eigenvalue weighted by molar-refractivity contribution is 0.401. The van der Waals surface area contributed by atoms with E-state index in [4.69, 9.17) is 0 Å². The molecule has 0 aliphatic rings. The van der Waals surface area contributed by atoms with Gasteiger partial charge in [-0.2, -0.15) is 4.39 Å². The number of alkyl halides is 1. The predicted molar refractivity (Wildman–Crippen MR) is 101 cm³/mol. The third-order valence-corrected chi connectivity index (χ3v) is 5.81. The van der Waals surface area contributed by atoms with Crippen molar-refractivity contribution in [1.29, 1.82) is 0 Å². The van der Waals surface area contributed by atoms with Gasteiger partial charge >= 0.3 is 0 Å². The summed E-state index contributed by atoms with van der Waals surface area (Å²) in [6.07, 6.45) is 0. The minimum atomic E-state index is -2.65. The summed E-state index contributed by atoms with van der Waals surface area (Å²) in [5, 5.41) is 1.61. The Bertz CT molecular complexity index is 1610. The van der Waals surface area contributed by atoms with Gasteiger partial charge in [-0.3, -0.25) is 0 Å². The summed E-state index contributed by atoms with van der Waals surface area (Å²) in [7, 11) is 0. The van der Waals surface area contributed by atoms with Gasteiger partial charge in [0.1, 0.15) is 0 Å². The van der Waals surface area contributed by atoms with Crippen molar-refractivity contribution < 1.29 is 57.8 Å². The van der Waals surface area contributed by atoms with Crippen molar-refractivity contribution in [1.82, 2.24) is 0 Å². The molecule has 0 spiro atoms. The summed E-state index contributed by atoms with van der Waals surface area (Å²) in [5.41, 5.74) is -4.54. The molecule has 0 saturated carbocycles. The van der Waals surface area contributed by atoms with Crippen LogP contribution in [0.25, 0.3) is 32.7 Å². The maximum absolute atomic E-state index is 14.8. The molecule has 0 aliphatic heterocycles. The fourth-order valence-electron chi connectivity index (χ4n) is 3.73. The molecule has 1 N–H and O–H groups in total. The van der Waals surface area contributed by atoms with Gasteiger partial charge in [0.05, 0.1) is 10.8 Å². The van der Waals surface area contributed by atoms with E-state index in [9.17, 15) is 57.8 Å². The minimum Gasteiger partial charge on any atom is -0.504 e. The number of benzene rings is 4. The largest absolute Gasteiger partial charge is 0.504 e. The minimum absolute atomic E-state index is 0.977. The first-order chi connectivity index (χ1) is 16.3. The van der Waals surface area contributed by atoms with Gasteiger partial charge in [-0.15, -0.1) is 0 Å². The van der Waals surface area contributed by atoms with Crippen LogP contribution in [-0.4, -0.2) is 5.11 Å². The molecule has 0 aromatic heterocycles. The Kier molecular flexibility index (Phi) is 5.85. The third kappa shape index (κ3) is 3.11. The number of hydrogen-bond acceptors (Lipinski definition) is 1. The highest BCUT2D eigenvalue weighted by molar-refractivity contribution is 9.08. The zero-order chi connectivity index (χ0) is 26.3. The van der Waals surface area contributed by atoms with Crippen LogP contribution in [0, 0.1) is 69.8 Å². The Morgan fingerprint density at radius 1 is 0.400 bits per heavy atom. The second kappa shape index (κ2) is 8.21. The molecule has 0 aliphatic carbocycles. The van der Waals surface area contributed by atoms with Crippen molar-refractivity contribution in [3.05, 3.63) is 75.4 Å². The molecule has 4 aromatic carbocycles. The summed E-state index contributed by atoms with van der Waals surface area (Å²) in [6.45, 7) is 0.